The van der Waals surface area contributed by atoms with Crippen LogP contribution in [0.2, 0.25) is 0 Å². The summed E-state index contributed by atoms with van der Waals surface area (Å²) < 4.78 is 0. The van der Waals surface area contributed by atoms with Crippen LogP contribution >= 0.6 is 0 Å². The van der Waals surface area contributed by atoms with Crippen LogP contribution in [0.15, 0.2) is 4.99 Å². The summed E-state index contributed by atoms with van der Waals surface area (Å²) in [5.74, 6) is 0.824. The van der Waals surface area contributed by atoms with Gasteiger partial charge >= 0.3 is 0 Å². The van der Waals surface area contributed by atoms with Gasteiger partial charge in [0.25, 0.3) is 0 Å². The van der Waals surface area contributed by atoms with Gasteiger partial charge in [0.2, 0.25) is 0 Å². The minimum Gasteiger partial charge on any atom is -0.307 e. The molecule has 0 amide bonds. The molecule has 0 aromatic heterocycles. The van der Waals surface area contributed by atoms with E-state index < -0.39 is 0 Å². The topological polar surface area (TPSA) is 36.2 Å². The first-order valence-corrected chi connectivity index (χ1v) is 4.30. The van der Waals surface area contributed by atoms with Crippen LogP contribution in [0.3, 0.4) is 0 Å². The van der Waals surface area contributed by atoms with Crippen molar-refractivity contribution in [2.75, 3.05) is 6.54 Å². The lowest BCUT2D eigenvalue weighted by atomic mass is 10.0. The molecule has 1 atom stereocenters. The van der Waals surface area contributed by atoms with Crippen LogP contribution < -0.4 is 0 Å². The van der Waals surface area contributed by atoms with Crippen molar-refractivity contribution in [3.63, 3.8) is 0 Å². The van der Waals surface area contributed by atoms with Gasteiger partial charge in [-0.3, -0.25) is 4.99 Å². The SMILES string of the molecule is CCC(C)CCCN=CC=N. The van der Waals surface area contributed by atoms with Gasteiger partial charge in [0, 0.05) is 19.0 Å². The van der Waals surface area contributed by atoms with Crippen LogP contribution in [0.25, 0.3) is 0 Å². The van der Waals surface area contributed by atoms with Crippen molar-refractivity contribution in [2.45, 2.75) is 33.1 Å². The van der Waals surface area contributed by atoms with E-state index in [1.807, 2.05) is 0 Å². The Kier molecular flexibility index (Phi) is 7.00. The molecule has 0 aliphatic rings. The van der Waals surface area contributed by atoms with Crippen molar-refractivity contribution in [3.8, 4) is 0 Å². The van der Waals surface area contributed by atoms with Gasteiger partial charge in [-0.15, -0.1) is 0 Å². The van der Waals surface area contributed by atoms with Gasteiger partial charge in [-0.2, -0.15) is 0 Å². The summed E-state index contributed by atoms with van der Waals surface area (Å²) in [5, 5.41) is 6.68. The fourth-order valence-electron chi connectivity index (χ4n) is 0.862. The fourth-order valence-corrected chi connectivity index (χ4v) is 0.862. The Balaban J connectivity index is 3.13. The normalized spacial score (nSPS) is 13.6. The molecular weight excluding hydrogens is 136 g/mol. The van der Waals surface area contributed by atoms with Gasteiger partial charge in [-0.05, 0) is 18.8 Å². The Labute approximate surface area is 69.2 Å². The third-order valence-electron chi connectivity index (χ3n) is 1.86. The number of hydrogen-bond donors (Lipinski definition) is 1. The molecule has 0 radical (unpaired) electrons. The van der Waals surface area contributed by atoms with Gasteiger partial charge in [-0.1, -0.05) is 20.3 Å². The zero-order valence-corrected chi connectivity index (χ0v) is 7.51. The van der Waals surface area contributed by atoms with Crippen molar-refractivity contribution in [1.82, 2.24) is 0 Å². The summed E-state index contributed by atoms with van der Waals surface area (Å²) in [6.07, 6.45) is 6.44. The van der Waals surface area contributed by atoms with E-state index in [0.29, 0.717) is 0 Å². The van der Waals surface area contributed by atoms with Gasteiger partial charge in [0.1, 0.15) is 0 Å². The molecule has 0 saturated carbocycles. The Hall–Kier alpha value is -0.660. The molecule has 0 spiro atoms. The highest BCUT2D eigenvalue weighted by molar-refractivity contribution is 6.14. The molecule has 0 aromatic rings. The molecule has 11 heavy (non-hydrogen) atoms. The summed E-state index contributed by atoms with van der Waals surface area (Å²) in [5.41, 5.74) is 0. The summed E-state index contributed by atoms with van der Waals surface area (Å²) in [6, 6.07) is 0. The highest BCUT2D eigenvalue weighted by Crippen LogP contribution is 2.08. The molecule has 0 heterocycles. The van der Waals surface area contributed by atoms with Crippen molar-refractivity contribution in [3.05, 3.63) is 0 Å². The summed E-state index contributed by atoms with van der Waals surface area (Å²) in [6.45, 7) is 5.35. The van der Waals surface area contributed by atoms with E-state index in [9.17, 15) is 0 Å². The molecule has 2 heteroatoms. The molecule has 0 aliphatic heterocycles. The largest absolute Gasteiger partial charge is 0.307 e. The summed E-state index contributed by atoms with van der Waals surface area (Å²) in [7, 11) is 0. The highest BCUT2D eigenvalue weighted by Gasteiger charge is 1.95. The van der Waals surface area contributed by atoms with Gasteiger partial charge in [-0.25, -0.2) is 0 Å². The van der Waals surface area contributed by atoms with E-state index >= 15 is 0 Å². The lowest BCUT2D eigenvalue weighted by molar-refractivity contribution is 0.500. The zero-order chi connectivity index (χ0) is 8.53. The van der Waals surface area contributed by atoms with Crippen molar-refractivity contribution in [2.24, 2.45) is 10.9 Å². The number of rotatable bonds is 6. The van der Waals surface area contributed by atoms with Crippen LogP contribution in [-0.4, -0.2) is 19.0 Å². The predicted molar refractivity (Wildman–Crippen MR) is 50.8 cm³/mol. The smallest absolute Gasteiger partial charge is 0.0390 e. The lowest BCUT2D eigenvalue weighted by Gasteiger charge is -2.04. The van der Waals surface area contributed by atoms with E-state index in [0.717, 1.165) is 18.9 Å². The maximum absolute atomic E-state index is 6.68. The number of hydrogen-bond acceptors (Lipinski definition) is 2. The first-order chi connectivity index (χ1) is 5.31. The minimum absolute atomic E-state index is 0.824. The Morgan fingerprint density at radius 1 is 1.55 bits per heavy atom. The van der Waals surface area contributed by atoms with Gasteiger partial charge in [0.15, 0.2) is 0 Å². The first-order valence-electron chi connectivity index (χ1n) is 4.30. The van der Waals surface area contributed by atoms with Crippen molar-refractivity contribution >= 4 is 12.4 Å². The molecule has 0 aliphatic carbocycles. The number of nitrogens with one attached hydrogen (secondary N) is 1. The molecule has 0 aromatic carbocycles. The summed E-state index contributed by atoms with van der Waals surface area (Å²) >= 11 is 0. The van der Waals surface area contributed by atoms with Crippen molar-refractivity contribution in [1.29, 1.82) is 5.41 Å². The molecule has 0 saturated heterocycles. The van der Waals surface area contributed by atoms with Crippen LogP contribution in [0, 0.1) is 11.3 Å². The molecular formula is C9H18N2. The summed E-state index contributed by atoms with van der Waals surface area (Å²) in [4.78, 5) is 4.03. The lowest BCUT2D eigenvalue weighted by Crippen LogP contribution is -1.93. The second-order valence-electron chi connectivity index (χ2n) is 2.88. The average Bonchev–Trinajstić information content (AvgIpc) is 2.04. The van der Waals surface area contributed by atoms with E-state index in [-0.39, 0.29) is 0 Å². The van der Waals surface area contributed by atoms with E-state index in [1.165, 1.54) is 19.1 Å². The van der Waals surface area contributed by atoms with Crippen molar-refractivity contribution < 1.29 is 0 Å². The van der Waals surface area contributed by atoms with Crippen LogP contribution in [0.1, 0.15) is 33.1 Å². The van der Waals surface area contributed by atoms with E-state index in [1.54, 1.807) is 6.21 Å². The molecule has 1 N–H and O–H groups in total. The zero-order valence-electron chi connectivity index (χ0n) is 7.51. The van der Waals surface area contributed by atoms with E-state index in [4.69, 9.17) is 5.41 Å². The Morgan fingerprint density at radius 2 is 2.27 bits per heavy atom. The Bertz CT molecular complexity index is 119. The fraction of sp³-hybridized carbons (Fsp3) is 0.778. The second kappa shape index (κ2) is 7.45. The third kappa shape index (κ3) is 7.23. The second-order valence-corrected chi connectivity index (χ2v) is 2.88. The molecule has 0 rings (SSSR count). The quantitative estimate of drug-likeness (QED) is 0.451. The standard InChI is InChI=1S/C9H18N2/c1-3-9(2)5-4-7-11-8-6-10/h6,8-10H,3-5,7H2,1-2H3. The van der Waals surface area contributed by atoms with Gasteiger partial charge in [0.05, 0.1) is 0 Å². The maximum atomic E-state index is 6.68. The monoisotopic (exact) mass is 154 g/mol. The molecule has 2 nitrogen and oxygen atoms in total. The first kappa shape index (κ1) is 10.3. The van der Waals surface area contributed by atoms with Gasteiger partial charge < -0.3 is 5.41 Å². The minimum atomic E-state index is 0.824. The average molecular weight is 154 g/mol. The third-order valence-corrected chi connectivity index (χ3v) is 1.86. The highest BCUT2D eigenvalue weighted by atomic mass is 14.7. The van der Waals surface area contributed by atoms with Crippen LogP contribution in [0.5, 0.6) is 0 Å². The predicted octanol–water partition coefficient (Wildman–Crippen LogP) is 2.53. The molecule has 64 valence electrons. The molecule has 1 unspecified atom stereocenters. The number of aliphatic imine (C=N–C) groups is 1. The molecule has 0 bridgehead atoms. The maximum Gasteiger partial charge on any atom is 0.0390 e. The van der Waals surface area contributed by atoms with Crippen LogP contribution in [-0.2, 0) is 0 Å². The van der Waals surface area contributed by atoms with Crippen LogP contribution in [0.4, 0.5) is 0 Å². The molecule has 0 fully saturated rings. The van der Waals surface area contributed by atoms with E-state index in [2.05, 4.69) is 18.8 Å². The Morgan fingerprint density at radius 3 is 2.82 bits per heavy atom. The number of nitrogens with zero attached hydrogens (tertiary/aromatic N) is 1.